The Kier molecular flexibility index (Phi) is 2.64. The zero-order valence-corrected chi connectivity index (χ0v) is 3.22. The molecule has 0 aliphatic carbocycles. The normalized spacial score (nSPS) is 4.00. The molecule has 0 N–H and O–H groups in total. The van der Waals surface area contributed by atoms with Gasteiger partial charge < -0.3 is 4.52 Å². The first-order valence-corrected chi connectivity index (χ1v) is 1.20. The van der Waals surface area contributed by atoms with E-state index in [4.69, 9.17) is 0 Å². The Labute approximate surface area is 30.6 Å². The molecule has 0 heterocycles. The lowest BCUT2D eigenvalue weighted by atomic mass is 11.3. The van der Waals surface area contributed by atoms with Crippen molar-refractivity contribution in [3.8, 4) is 12.5 Å². The minimum Gasteiger partial charge on any atom is -0.433 e. The molecule has 0 aromatic rings. The van der Waals surface area contributed by atoms with Crippen molar-refractivity contribution < 1.29 is 7.38 Å². The van der Waals surface area contributed by atoms with Crippen molar-refractivity contribution in [2.75, 3.05) is 0 Å². The molecule has 0 aliphatic rings. The van der Waals surface area contributed by atoms with E-state index in [1.165, 1.54) is 0 Å². The van der Waals surface area contributed by atoms with E-state index in [0.29, 0.717) is 0 Å². The maximum absolute atomic E-state index is 4.53. The van der Waals surface area contributed by atoms with Crippen LogP contribution in [0.3, 0.4) is 0 Å². The van der Waals surface area contributed by atoms with Gasteiger partial charge in [0.2, 0.25) is 0 Å². The highest BCUT2D eigenvalue weighted by molar-refractivity contribution is 7.10. The first-order valence-electron chi connectivity index (χ1n) is 0.729. The zero-order chi connectivity index (χ0) is 3.41. The van der Waals surface area contributed by atoms with Crippen molar-refractivity contribution in [1.29, 1.82) is 0 Å². The second-order valence-electron chi connectivity index (χ2n) is 0.236. The quantitative estimate of drug-likeness (QED) is 0.308. The van der Waals surface area contributed by atoms with E-state index in [9.17, 15) is 0 Å². The molecule has 0 saturated heterocycles. The van der Waals surface area contributed by atoms with Crippen molar-refractivity contribution in [2.24, 2.45) is 0 Å². The van der Waals surface area contributed by atoms with Gasteiger partial charge in [-0.2, -0.15) is 0 Å². The number of hydrogen-bond acceptors (Lipinski definition) is 1. The molecule has 0 amide bonds. The van der Waals surface area contributed by atoms with Crippen molar-refractivity contribution in [1.82, 2.24) is 0 Å². The topological polar surface area (TPSA) is 9.23 Å². The Morgan fingerprint density at radius 3 is 2.50 bits per heavy atom. The zero-order valence-electron chi connectivity index (χ0n) is 2.06. The largest absolute Gasteiger partial charge is 0.433 e. The second-order valence-corrected chi connectivity index (χ2v) is 0.471. The van der Waals surface area contributed by atoms with Gasteiger partial charge in [-0.15, -0.1) is 0 Å². The van der Waals surface area contributed by atoms with E-state index in [-0.39, 0.29) is 2.85 Å². The molecule has 0 aromatic heterocycles. The Morgan fingerprint density at radius 1 is 2.25 bits per heavy atom. The van der Waals surface area contributed by atoms with Crippen LogP contribution in [-0.2, 0) is 4.52 Å². The van der Waals surface area contributed by atoms with Gasteiger partial charge in [0.25, 0.3) is 0 Å². The van der Waals surface area contributed by atoms with Crippen molar-refractivity contribution in [2.45, 2.75) is 0 Å². The van der Waals surface area contributed by atoms with Crippen LogP contribution in [0.1, 0.15) is 2.85 Å². The van der Waals surface area contributed by atoms with Gasteiger partial charge in [0.15, 0.2) is 0 Å². The predicted octanol–water partition coefficient (Wildman–Crippen LogP) is 0.876. The summed E-state index contributed by atoms with van der Waals surface area (Å²) in [6.07, 6.45) is 6.43. The molecule has 4 heavy (non-hydrogen) atoms. The van der Waals surface area contributed by atoms with Gasteiger partial charge in [-0.25, -0.2) is 0 Å². The van der Waals surface area contributed by atoms with E-state index >= 15 is 0 Å². The van der Waals surface area contributed by atoms with Gasteiger partial charge in [0.1, 0.15) is 6.11 Å². The molecule has 0 radical (unpaired) electrons. The lowest BCUT2D eigenvalue weighted by Crippen LogP contribution is -1.38. The minimum atomic E-state index is 0. The molecular formula is C2H7OP. The minimum absolute atomic E-state index is 0. The van der Waals surface area contributed by atoms with Crippen LogP contribution in [0, 0.1) is 12.5 Å². The van der Waals surface area contributed by atoms with E-state index in [0.717, 1.165) is 0 Å². The Balaban J connectivity index is -0.0000000450. The highest BCUT2D eigenvalue weighted by Gasteiger charge is 1.35. The van der Waals surface area contributed by atoms with Crippen molar-refractivity contribution >= 4 is 9.47 Å². The summed E-state index contributed by atoms with van der Waals surface area (Å²) in [5, 5.41) is 0. The van der Waals surface area contributed by atoms with Crippen LogP contribution in [0.25, 0.3) is 0 Å². The van der Waals surface area contributed by atoms with E-state index < -0.39 is 0 Å². The summed E-state index contributed by atoms with van der Waals surface area (Å²) in [4.78, 5) is 0. The molecule has 2 heteroatoms. The molecule has 1 atom stereocenters. The van der Waals surface area contributed by atoms with Crippen LogP contribution in [0.15, 0.2) is 0 Å². The Bertz CT molecular complexity index is 41.3. The highest BCUT2D eigenvalue weighted by atomic mass is 31.0. The molecule has 0 spiro atoms. The number of hydrogen-bond donors (Lipinski definition) is 0. The second kappa shape index (κ2) is 2.79. The Morgan fingerprint density at radius 2 is 2.50 bits per heavy atom. The molecular weight excluding hydrogens is 71.0 g/mol. The third kappa shape index (κ3) is 1.79. The molecule has 0 fully saturated rings. The molecule has 0 rings (SSSR count). The lowest BCUT2D eigenvalue weighted by Gasteiger charge is -1.66. The molecule has 1 unspecified atom stereocenters. The van der Waals surface area contributed by atoms with E-state index in [1.807, 2.05) is 15.6 Å². The summed E-state index contributed by atoms with van der Waals surface area (Å²) in [7, 11) is 1.92. The third-order valence-corrected chi connectivity index (χ3v) is 0.204. The van der Waals surface area contributed by atoms with Gasteiger partial charge in [-0.05, 0) is 0 Å². The summed E-state index contributed by atoms with van der Waals surface area (Å²) in [5.41, 5.74) is 0. The van der Waals surface area contributed by atoms with Gasteiger partial charge in [-0.3, -0.25) is 0 Å². The molecule has 0 aromatic carbocycles. The lowest BCUT2D eigenvalue weighted by molar-refractivity contribution is 0.612. The van der Waals surface area contributed by atoms with Crippen LogP contribution >= 0.6 is 9.47 Å². The van der Waals surface area contributed by atoms with E-state index in [2.05, 4.69) is 10.9 Å². The van der Waals surface area contributed by atoms with Crippen molar-refractivity contribution in [3.05, 3.63) is 0 Å². The molecule has 0 saturated carbocycles. The molecule has 26 valence electrons. The maximum atomic E-state index is 4.53. The third-order valence-electron chi connectivity index (χ3n) is 0.0680. The first kappa shape index (κ1) is 3.79. The molecule has 0 bridgehead atoms. The van der Waals surface area contributed by atoms with Crippen LogP contribution in [0.2, 0.25) is 0 Å². The average molecular weight is 78.1 g/mol. The van der Waals surface area contributed by atoms with Gasteiger partial charge >= 0.3 is 0 Å². The molecule has 1 nitrogen and oxygen atoms in total. The summed E-state index contributed by atoms with van der Waals surface area (Å²) in [6, 6.07) is 0. The summed E-state index contributed by atoms with van der Waals surface area (Å²) in [5.74, 6) is 0. The fourth-order valence-electron chi connectivity index (χ4n) is 0. The van der Waals surface area contributed by atoms with Gasteiger partial charge in [0, 0.05) is 2.85 Å². The van der Waals surface area contributed by atoms with Crippen LogP contribution in [-0.4, -0.2) is 0 Å². The first-order chi connectivity index (χ1) is 1.91. The van der Waals surface area contributed by atoms with Crippen molar-refractivity contribution in [3.63, 3.8) is 0 Å². The summed E-state index contributed by atoms with van der Waals surface area (Å²) < 4.78 is 3.99. The fourth-order valence-corrected chi connectivity index (χ4v) is 0. The average Bonchev–Trinajstić information content (AvgIpc) is 1.37. The predicted molar refractivity (Wildman–Crippen MR) is 23.9 cm³/mol. The van der Waals surface area contributed by atoms with Crippen LogP contribution < -0.4 is 0 Å². The Hall–Kier alpha value is -0.210. The maximum Gasteiger partial charge on any atom is 0.108 e. The van der Waals surface area contributed by atoms with Gasteiger partial charge in [0.05, 0.1) is 9.47 Å². The van der Waals surface area contributed by atoms with E-state index in [1.54, 1.807) is 0 Å². The van der Waals surface area contributed by atoms with Crippen LogP contribution in [0.5, 0.6) is 0 Å². The summed E-state index contributed by atoms with van der Waals surface area (Å²) in [6.45, 7) is 0. The summed E-state index contributed by atoms with van der Waals surface area (Å²) >= 11 is 0. The highest BCUT2D eigenvalue weighted by Crippen LogP contribution is 1.73. The standard InChI is InChI=1S/C2H3OP.2H2/c1-2-3-4;;/h1H,4H2;2*1H. The number of rotatable bonds is 0. The fraction of sp³-hybridized carbons (Fsp3) is 0. The van der Waals surface area contributed by atoms with Gasteiger partial charge in [-0.1, -0.05) is 6.42 Å². The SMILES string of the molecule is C#COP.[HH].[HH]. The smallest absolute Gasteiger partial charge is 0.108 e. The number of terminal acetylenes is 1. The monoisotopic (exact) mass is 78.0 g/mol. The molecule has 0 aliphatic heterocycles. The van der Waals surface area contributed by atoms with Crippen LogP contribution in [0.4, 0.5) is 0 Å².